The number of allylic oxidation sites excluding steroid dienone is 2. The molecule has 1 saturated heterocycles. The Labute approximate surface area is 293 Å². The topological polar surface area (TPSA) is 72.9 Å². The first-order valence-corrected chi connectivity index (χ1v) is 16.9. The number of carbonyl (C=O) groups excluding carboxylic acids is 3. The Kier molecular flexibility index (Phi) is 7.23. The van der Waals surface area contributed by atoms with Gasteiger partial charge in [0.05, 0.1) is 42.6 Å². The Balaban J connectivity index is 1.54. The highest BCUT2D eigenvalue weighted by Crippen LogP contribution is 2.74. The van der Waals surface area contributed by atoms with Crippen molar-refractivity contribution in [2.45, 2.75) is 17.8 Å². The highest BCUT2D eigenvalue weighted by atomic mass is 79.9. The van der Waals surface area contributed by atoms with E-state index >= 15 is 14.4 Å². The minimum atomic E-state index is -1.49. The Morgan fingerprint density at radius 1 is 0.592 bits per heavy atom. The zero-order valence-electron chi connectivity index (χ0n) is 27.1. The quantitative estimate of drug-likeness (QED) is 0.160. The minimum Gasteiger partial charge on any atom is -0.497 e. The fraction of sp³-hybridized carbons (Fsp3) is 0.167. The number of hydrogen-bond acceptors (Lipinski definition) is 5. The number of rotatable bonds is 7. The van der Waals surface area contributed by atoms with Crippen LogP contribution in [0.4, 0.5) is 5.69 Å². The standard InChI is InChI=1S/C42H32BrNO5/c1-25-14-19-30(24-33(25)43)44-38(45)36-37(39(44)46)42(29-12-8-5-9-13-29)35(27-17-22-32(49-3)23-18-27)34(26-15-20-31(48-2)21-16-26)41(36,40(42)47)28-10-6-4-7-11-28/h4-24,36-37H,1-3H3/t36-,37+,41+,42-. The number of fused-ring (bicyclic) bond motifs is 5. The van der Waals surface area contributed by atoms with E-state index in [1.54, 1.807) is 20.3 Å². The molecule has 242 valence electrons. The molecule has 4 atom stereocenters. The first-order chi connectivity index (χ1) is 23.8. The molecule has 0 spiro atoms. The number of aryl methyl sites for hydroxylation is 1. The second kappa shape index (κ2) is 11.4. The third-order valence-corrected chi connectivity index (χ3v) is 11.5. The maximum absolute atomic E-state index is 16.1. The van der Waals surface area contributed by atoms with E-state index in [0.717, 1.165) is 32.3 Å². The monoisotopic (exact) mass is 709 g/mol. The van der Waals surface area contributed by atoms with Crippen LogP contribution in [0.15, 0.2) is 132 Å². The number of nitrogens with zero attached hydrogens (tertiary/aromatic N) is 1. The van der Waals surface area contributed by atoms with Gasteiger partial charge in [-0.1, -0.05) is 107 Å². The number of amides is 2. The van der Waals surface area contributed by atoms with E-state index in [0.29, 0.717) is 28.3 Å². The van der Waals surface area contributed by atoms with Crippen LogP contribution in [-0.4, -0.2) is 31.8 Å². The van der Waals surface area contributed by atoms with E-state index in [9.17, 15) is 0 Å². The van der Waals surface area contributed by atoms with Crippen LogP contribution in [0.2, 0.25) is 0 Å². The van der Waals surface area contributed by atoms with Gasteiger partial charge in [0.25, 0.3) is 0 Å². The minimum absolute atomic E-state index is 0.171. The van der Waals surface area contributed by atoms with Gasteiger partial charge in [-0.3, -0.25) is 14.4 Å². The molecule has 0 N–H and O–H groups in total. The molecular formula is C42H32BrNO5. The van der Waals surface area contributed by atoms with Gasteiger partial charge in [-0.2, -0.15) is 0 Å². The van der Waals surface area contributed by atoms with Crippen molar-refractivity contribution in [3.05, 3.63) is 160 Å². The molecule has 2 amide bonds. The van der Waals surface area contributed by atoms with Gasteiger partial charge in [0, 0.05) is 4.47 Å². The molecule has 5 aromatic rings. The lowest BCUT2D eigenvalue weighted by atomic mass is 9.59. The third-order valence-electron chi connectivity index (χ3n) is 10.6. The molecule has 2 aliphatic carbocycles. The number of carbonyl (C=O) groups is 3. The van der Waals surface area contributed by atoms with Gasteiger partial charge in [0.15, 0.2) is 5.78 Å². The summed E-state index contributed by atoms with van der Waals surface area (Å²) in [6.45, 7) is 1.95. The fourth-order valence-corrected chi connectivity index (χ4v) is 8.98. The van der Waals surface area contributed by atoms with Gasteiger partial charge in [0.1, 0.15) is 11.5 Å². The lowest BCUT2D eigenvalue weighted by Crippen LogP contribution is -2.45. The van der Waals surface area contributed by atoms with Gasteiger partial charge < -0.3 is 9.47 Å². The van der Waals surface area contributed by atoms with Crippen LogP contribution < -0.4 is 14.4 Å². The van der Waals surface area contributed by atoms with E-state index in [-0.39, 0.29) is 17.6 Å². The summed E-state index contributed by atoms with van der Waals surface area (Å²) in [6, 6.07) is 39.8. The number of anilines is 1. The number of benzene rings is 5. The first-order valence-electron chi connectivity index (χ1n) is 16.1. The molecule has 1 aliphatic heterocycles. The van der Waals surface area contributed by atoms with Crippen LogP contribution in [0.1, 0.15) is 27.8 Å². The predicted octanol–water partition coefficient (Wildman–Crippen LogP) is 7.96. The van der Waals surface area contributed by atoms with Gasteiger partial charge >= 0.3 is 0 Å². The third kappa shape index (κ3) is 4.09. The summed E-state index contributed by atoms with van der Waals surface area (Å²) < 4.78 is 11.8. The van der Waals surface area contributed by atoms with Crippen LogP contribution in [0.3, 0.4) is 0 Å². The maximum Gasteiger partial charge on any atom is 0.239 e. The molecule has 6 nitrogen and oxygen atoms in total. The largest absolute Gasteiger partial charge is 0.497 e. The van der Waals surface area contributed by atoms with Crippen LogP contribution in [0.25, 0.3) is 11.1 Å². The summed E-state index contributed by atoms with van der Waals surface area (Å²) >= 11 is 3.61. The molecule has 3 aliphatic rings. The van der Waals surface area contributed by atoms with E-state index in [1.165, 1.54) is 4.90 Å². The number of ether oxygens (including phenoxy) is 2. The molecule has 1 heterocycles. The number of ketones is 1. The smallest absolute Gasteiger partial charge is 0.239 e. The molecule has 2 bridgehead atoms. The maximum atomic E-state index is 16.1. The number of Topliss-reactive ketones (excluding diaryl/α,β-unsaturated/α-hetero) is 1. The lowest BCUT2D eigenvalue weighted by Gasteiger charge is -2.39. The van der Waals surface area contributed by atoms with E-state index in [4.69, 9.17) is 9.47 Å². The van der Waals surface area contributed by atoms with Crippen molar-refractivity contribution in [1.82, 2.24) is 0 Å². The molecule has 7 heteroatoms. The highest BCUT2D eigenvalue weighted by molar-refractivity contribution is 9.10. The van der Waals surface area contributed by atoms with Crippen molar-refractivity contribution in [2.75, 3.05) is 19.1 Å². The molecule has 8 rings (SSSR count). The van der Waals surface area contributed by atoms with Gasteiger partial charge in [-0.05, 0) is 82.3 Å². The average Bonchev–Trinajstić information content (AvgIpc) is 3.65. The Morgan fingerprint density at radius 2 is 1.02 bits per heavy atom. The molecule has 0 aromatic heterocycles. The normalized spacial score (nSPS) is 24.1. The fourth-order valence-electron chi connectivity index (χ4n) is 8.62. The number of hydrogen-bond donors (Lipinski definition) is 0. The van der Waals surface area contributed by atoms with Crippen LogP contribution in [0.5, 0.6) is 11.5 Å². The summed E-state index contributed by atoms with van der Waals surface area (Å²) in [5.41, 5.74) is 2.80. The molecule has 5 aromatic carbocycles. The highest BCUT2D eigenvalue weighted by Gasteiger charge is 2.82. The molecule has 49 heavy (non-hydrogen) atoms. The summed E-state index contributed by atoms with van der Waals surface area (Å²) in [6.07, 6.45) is 0. The van der Waals surface area contributed by atoms with Crippen molar-refractivity contribution < 1.29 is 23.9 Å². The van der Waals surface area contributed by atoms with Crippen molar-refractivity contribution in [2.24, 2.45) is 11.8 Å². The van der Waals surface area contributed by atoms with E-state index in [1.807, 2.05) is 128 Å². The van der Waals surface area contributed by atoms with Crippen molar-refractivity contribution >= 4 is 50.4 Å². The van der Waals surface area contributed by atoms with E-state index < -0.39 is 22.7 Å². The zero-order valence-corrected chi connectivity index (χ0v) is 28.7. The Hall–Kier alpha value is -5.27. The van der Waals surface area contributed by atoms with Gasteiger partial charge in [-0.15, -0.1) is 0 Å². The lowest BCUT2D eigenvalue weighted by molar-refractivity contribution is -0.130. The SMILES string of the molecule is COc1ccc(C2=C(c3ccc(OC)cc3)[C@]3(c4ccccc4)C(=O)[C@@]2(c2ccccc2)[C@@H]2C(=O)N(c4ccc(C)c(Br)c4)C(=O)[C@@H]23)cc1. The summed E-state index contributed by atoms with van der Waals surface area (Å²) in [5, 5.41) is 0. The van der Waals surface area contributed by atoms with Crippen molar-refractivity contribution in [3.8, 4) is 11.5 Å². The van der Waals surface area contributed by atoms with Crippen LogP contribution >= 0.6 is 15.9 Å². The zero-order chi connectivity index (χ0) is 34.1. The van der Waals surface area contributed by atoms with Crippen LogP contribution in [-0.2, 0) is 25.2 Å². The molecule has 0 radical (unpaired) electrons. The summed E-state index contributed by atoms with van der Waals surface area (Å²) in [4.78, 5) is 47.7. The van der Waals surface area contributed by atoms with Gasteiger partial charge in [-0.25, -0.2) is 4.90 Å². The van der Waals surface area contributed by atoms with E-state index in [2.05, 4.69) is 15.9 Å². The average molecular weight is 711 g/mol. The second-order valence-corrected chi connectivity index (χ2v) is 13.6. The molecule has 2 fully saturated rings. The van der Waals surface area contributed by atoms with Crippen molar-refractivity contribution in [1.29, 1.82) is 0 Å². The Bertz CT molecular complexity index is 2050. The number of methoxy groups -OCH3 is 2. The molecule has 0 unspecified atom stereocenters. The second-order valence-electron chi connectivity index (χ2n) is 12.8. The number of imide groups is 1. The van der Waals surface area contributed by atoms with Crippen molar-refractivity contribution in [3.63, 3.8) is 0 Å². The first kappa shape index (κ1) is 31.0. The summed E-state index contributed by atoms with van der Waals surface area (Å²) in [5.74, 6) is -1.63. The predicted molar refractivity (Wildman–Crippen MR) is 192 cm³/mol. The molecular weight excluding hydrogens is 678 g/mol. The number of halogens is 1. The molecule has 1 saturated carbocycles. The Morgan fingerprint density at radius 3 is 1.41 bits per heavy atom. The summed E-state index contributed by atoms with van der Waals surface area (Å²) in [7, 11) is 3.22. The van der Waals surface area contributed by atoms with Crippen LogP contribution in [0, 0.1) is 18.8 Å². The van der Waals surface area contributed by atoms with Gasteiger partial charge in [0.2, 0.25) is 11.8 Å².